The molecule has 0 unspecified atom stereocenters. The van der Waals surface area contributed by atoms with Crippen molar-refractivity contribution in [2.24, 2.45) is 0 Å². The van der Waals surface area contributed by atoms with Crippen LogP contribution >= 0.6 is 0 Å². The molecule has 1 aliphatic rings. The predicted molar refractivity (Wildman–Crippen MR) is 97.1 cm³/mol. The van der Waals surface area contributed by atoms with Crippen molar-refractivity contribution >= 4 is 11.8 Å². The zero-order chi connectivity index (χ0) is 18.7. The second kappa shape index (κ2) is 11.4. The Morgan fingerprint density at radius 1 is 1.12 bits per heavy atom. The molecule has 1 rings (SSSR count). The summed E-state index contributed by atoms with van der Waals surface area (Å²) in [4.78, 5) is 23.2. The molecular formula is C20H34O5. The van der Waals surface area contributed by atoms with E-state index in [0.29, 0.717) is 6.42 Å². The maximum absolute atomic E-state index is 11.9. The summed E-state index contributed by atoms with van der Waals surface area (Å²) >= 11 is 0. The number of hydrogen-bond donors (Lipinski definition) is 2. The molecule has 0 bridgehead atoms. The number of unbranched alkanes of at least 4 members (excludes halogenated alkanes) is 9. The number of ether oxygens (including phenoxy) is 1. The van der Waals surface area contributed by atoms with Crippen molar-refractivity contribution in [3.63, 3.8) is 0 Å². The van der Waals surface area contributed by atoms with E-state index in [9.17, 15) is 19.8 Å². The van der Waals surface area contributed by atoms with Gasteiger partial charge in [0.2, 0.25) is 0 Å². The van der Waals surface area contributed by atoms with Crippen LogP contribution in [0.3, 0.4) is 0 Å². The Hall–Kier alpha value is -1.20. The molecule has 144 valence electrons. The minimum atomic E-state index is -2.04. The Bertz CT molecular complexity index is 445. The third-order valence-electron chi connectivity index (χ3n) is 4.89. The number of rotatable bonds is 13. The molecule has 25 heavy (non-hydrogen) atoms. The van der Waals surface area contributed by atoms with E-state index in [1.165, 1.54) is 57.9 Å². The van der Waals surface area contributed by atoms with Crippen LogP contribution in [0, 0.1) is 0 Å². The van der Waals surface area contributed by atoms with E-state index in [-0.39, 0.29) is 0 Å². The molecule has 0 radical (unpaired) electrons. The number of esters is 1. The molecule has 0 amide bonds. The molecule has 0 aromatic heterocycles. The van der Waals surface area contributed by atoms with Crippen LogP contribution < -0.4 is 0 Å². The standard InChI is InChI=1S/C20H34O5/c1-3-4-5-6-7-8-9-10-11-12-13-19(25-16(2)21)20(24)17(22)14-15-18(20)23/h14-15,17,19,22,24H,3-13H2,1-2H3/t17-,19-,20+/m0/s1. The van der Waals surface area contributed by atoms with E-state index in [1.807, 2.05) is 0 Å². The first-order valence-electron chi connectivity index (χ1n) is 9.73. The Balaban J connectivity index is 2.29. The van der Waals surface area contributed by atoms with Gasteiger partial charge in [0.1, 0.15) is 12.2 Å². The predicted octanol–water partition coefficient (Wildman–Crippen LogP) is 3.46. The van der Waals surface area contributed by atoms with Crippen molar-refractivity contribution in [2.75, 3.05) is 0 Å². The Morgan fingerprint density at radius 2 is 1.64 bits per heavy atom. The average Bonchev–Trinajstić information content (AvgIpc) is 2.83. The van der Waals surface area contributed by atoms with E-state index in [4.69, 9.17) is 4.74 Å². The highest BCUT2D eigenvalue weighted by molar-refractivity contribution is 6.01. The fourth-order valence-electron chi connectivity index (χ4n) is 3.34. The molecule has 3 atom stereocenters. The lowest BCUT2D eigenvalue weighted by molar-refractivity contribution is -0.178. The van der Waals surface area contributed by atoms with E-state index < -0.39 is 29.6 Å². The van der Waals surface area contributed by atoms with Gasteiger partial charge >= 0.3 is 5.97 Å². The topological polar surface area (TPSA) is 83.8 Å². The van der Waals surface area contributed by atoms with Crippen LogP contribution in [0.25, 0.3) is 0 Å². The van der Waals surface area contributed by atoms with Gasteiger partial charge in [-0.05, 0) is 25.0 Å². The quantitative estimate of drug-likeness (QED) is 0.391. The Kier molecular flexibility index (Phi) is 9.98. The fraction of sp³-hybridized carbons (Fsp3) is 0.800. The monoisotopic (exact) mass is 354 g/mol. The summed E-state index contributed by atoms with van der Waals surface area (Å²) in [5.74, 6) is -1.16. The van der Waals surface area contributed by atoms with E-state index in [0.717, 1.165) is 25.3 Å². The summed E-state index contributed by atoms with van der Waals surface area (Å²) in [5, 5.41) is 20.5. The van der Waals surface area contributed by atoms with Crippen molar-refractivity contribution in [2.45, 2.75) is 102 Å². The molecule has 0 saturated heterocycles. The summed E-state index contributed by atoms with van der Waals surface area (Å²) in [5.41, 5.74) is -2.04. The molecule has 5 heteroatoms. The highest BCUT2D eigenvalue weighted by Crippen LogP contribution is 2.30. The second-order valence-electron chi connectivity index (χ2n) is 7.06. The van der Waals surface area contributed by atoms with E-state index in [2.05, 4.69) is 6.92 Å². The minimum Gasteiger partial charge on any atom is -0.459 e. The van der Waals surface area contributed by atoms with Gasteiger partial charge < -0.3 is 14.9 Å². The van der Waals surface area contributed by atoms with Gasteiger partial charge in [0, 0.05) is 6.92 Å². The number of aliphatic hydroxyl groups is 2. The van der Waals surface area contributed by atoms with Crippen LogP contribution in [-0.4, -0.2) is 39.8 Å². The number of ketones is 1. The molecule has 1 aliphatic carbocycles. The molecule has 0 aromatic carbocycles. The normalized spacial score (nSPS) is 23.8. The zero-order valence-electron chi connectivity index (χ0n) is 15.7. The first-order chi connectivity index (χ1) is 11.9. The van der Waals surface area contributed by atoms with Crippen LogP contribution in [0.1, 0.15) is 84.5 Å². The average molecular weight is 354 g/mol. The molecule has 0 fully saturated rings. The highest BCUT2D eigenvalue weighted by atomic mass is 16.6. The van der Waals surface area contributed by atoms with Gasteiger partial charge in [0.25, 0.3) is 0 Å². The van der Waals surface area contributed by atoms with Crippen molar-refractivity contribution < 1.29 is 24.5 Å². The smallest absolute Gasteiger partial charge is 0.303 e. The maximum atomic E-state index is 11.9. The van der Waals surface area contributed by atoms with Crippen LogP contribution in [0.5, 0.6) is 0 Å². The summed E-state index contributed by atoms with van der Waals surface area (Å²) < 4.78 is 5.15. The number of carbonyl (C=O) groups is 2. The summed E-state index contributed by atoms with van der Waals surface area (Å²) in [7, 11) is 0. The van der Waals surface area contributed by atoms with Gasteiger partial charge in [-0.15, -0.1) is 0 Å². The largest absolute Gasteiger partial charge is 0.459 e. The third kappa shape index (κ3) is 6.90. The fourth-order valence-corrected chi connectivity index (χ4v) is 3.34. The Morgan fingerprint density at radius 3 is 2.08 bits per heavy atom. The molecule has 0 spiro atoms. The lowest BCUT2D eigenvalue weighted by Crippen LogP contribution is -2.55. The van der Waals surface area contributed by atoms with Crippen molar-refractivity contribution in [1.82, 2.24) is 0 Å². The zero-order valence-corrected chi connectivity index (χ0v) is 15.7. The SMILES string of the molecule is CCCCCCCCCCCC[C@H](OC(C)=O)[C@]1(O)C(=O)C=C[C@@H]1O. The minimum absolute atomic E-state index is 0.372. The molecule has 0 aromatic rings. The molecule has 5 nitrogen and oxygen atoms in total. The van der Waals surface area contributed by atoms with Gasteiger partial charge in [0.15, 0.2) is 11.4 Å². The molecule has 0 aliphatic heterocycles. The second-order valence-corrected chi connectivity index (χ2v) is 7.06. The van der Waals surface area contributed by atoms with Crippen molar-refractivity contribution in [3.8, 4) is 0 Å². The first kappa shape index (κ1) is 21.8. The van der Waals surface area contributed by atoms with Crippen LogP contribution in [0.4, 0.5) is 0 Å². The Labute approximate surface area is 151 Å². The van der Waals surface area contributed by atoms with Crippen molar-refractivity contribution in [3.05, 3.63) is 12.2 Å². The lowest BCUT2D eigenvalue weighted by Gasteiger charge is -2.33. The molecule has 0 heterocycles. The van der Waals surface area contributed by atoms with Gasteiger partial charge in [-0.3, -0.25) is 9.59 Å². The summed E-state index contributed by atoms with van der Waals surface area (Å²) in [6.45, 7) is 3.46. The van der Waals surface area contributed by atoms with Crippen LogP contribution in [-0.2, 0) is 14.3 Å². The third-order valence-corrected chi connectivity index (χ3v) is 4.89. The summed E-state index contributed by atoms with van der Waals surface area (Å²) in [6, 6.07) is 0. The van der Waals surface area contributed by atoms with Crippen molar-refractivity contribution in [1.29, 1.82) is 0 Å². The van der Waals surface area contributed by atoms with Gasteiger partial charge in [-0.2, -0.15) is 0 Å². The number of aliphatic hydroxyl groups excluding tert-OH is 1. The molecule has 2 N–H and O–H groups in total. The van der Waals surface area contributed by atoms with E-state index in [1.54, 1.807) is 0 Å². The molecule has 0 saturated carbocycles. The first-order valence-corrected chi connectivity index (χ1v) is 9.73. The maximum Gasteiger partial charge on any atom is 0.303 e. The number of hydrogen-bond acceptors (Lipinski definition) is 5. The highest BCUT2D eigenvalue weighted by Gasteiger charge is 2.52. The van der Waals surface area contributed by atoms with Crippen LogP contribution in [0.15, 0.2) is 12.2 Å². The van der Waals surface area contributed by atoms with Gasteiger partial charge in [-0.25, -0.2) is 0 Å². The van der Waals surface area contributed by atoms with Gasteiger partial charge in [-0.1, -0.05) is 64.7 Å². The van der Waals surface area contributed by atoms with Gasteiger partial charge in [0.05, 0.1) is 0 Å². The summed E-state index contributed by atoms with van der Waals surface area (Å²) in [6.07, 6.45) is 12.2. The van der Waals surface area contributed by atoms with Crippen LogP contribution in [0.2, 0.25) is 0 Å². The lowest BCUT2D eigenvalue weighted by atomic mass is 9.87. The number of carbonyl (C=O) groups excluding carboxylic acids is 2. The molecular weight excluding hydrogens is 320 g/mol. The van der Waals surface area contributed by atoms with E-state index >= 15 is 0 Å².